The van der Waals surface area contributed by atoms with Gasteiger partial charge in [0.05, 0.1) is 33.4 Å². The molecule has 4 nitrogen and oxygen atoms in total. The number of hydrogen-bond donors (Lipinski definition) is 2. The van der Waals surface area contributed by atoms with Crippen LogP contribution in [-0.4, -0.2) is 17.1 Å². The molecular weight excluding hydrogens is 318 g/mol. The summed E-state index contributed by atoms with van der Waals surface area (Å²) >= 11 is 1.77. The molecule has 2 N–H and O–H groups in total. The van der Waals surface area contributed by atoms with Gasteiger partial charge in [0.1, 0.15) is 5.75 Å². The first kappa shape index (κ1) is 15.0. The zero-order chi connectivity index (χ0) is 16.8. The molecule has 4 rings (SSSR count). The largest absolute Gasteiger partial charge is 0.494 e. The van der Waals surface area contributed by atoms with Crippen LogP contribution >= 0.6 is 11.3 Å². The molecule has 0 aliphatic carbocycles. The van der Waals surface area contributed by atoms with Gasteiger partial charge in [-0.25, -0.2) is 4.99 Å². The van der Waals surface area contributed by atoms with Crippen molar-refractivity contribution in [3.8, 4) is 5.75 Å². The second kappa shape index (κ2) is 5.53. The van der Waals surface area contributed by atoms with Crippen molar-refractivity contribution in [1.29, 1.82) is 0 Å². The van der Waals surface area contributed by atoms with E-state index in [9.17, 15) is 0 Å². The Morgan fingerprint density at radius 2 is 1.96 bits per heavy atom. The molecule has 0 saturated heterocycles. The van der Waals surface area contributed by atoms with Gasteiger partial charge in [0.25, 0.3) is 0 Å². The predicted molar refractivity (Wildman–Crippen MR) is 98.1 cm³/mol. The van der Waals surface area contributed by atoms with Gasteiger partial charge in [-0.1, -0.05) is 0 Å². The van der Waals surface area contributed by atoms with Crippen molar-refractivity contribution in [2.75, 3.05) is 7.11 Å². The van der Waals surface area contributed by atoms with Crippen LogP contribution in [0.15, 0.2) is 23.2 Å². The van der Waals surface area contributed by atoms with Gasteiger partial charge in [-0.05, 0) is 50.6 Å². The first-order valence-corrected chi connectivity index (χ1v) is 8.67. The lowest BCUT2D eigenvalue weighted by Crippen LogP contribution is -2.12. The second-order valence-corrected chi connectivity index (χ2v) is 7.39. The lowest BCUT2D eigenvalue weighted by Gasteiger charge is -1.94. The number of aromatic amines is 2. The van der Waals surface area contributed by atoms with E-state index in [1.54, 1.807) is 18.4 Å². The number of fused-ring (bicyclic) bond motifs is 1. The van der Waals surface area contributed by atoms with Gasteiger partial charge in [-0.2, -0.15) is 0 Å². The fourth-order valence-electron chi connectivity index (χ4n) is 3.04. The maximum atomic E-state index is 5.54. The Hall–Kier alpha value is -2.53. The van der Waals surface area contributed by atoms with Gasteiger partial charge in [-0.15, -0.1) is 11.3 Å². The summed E-state index contributed by atoms with van der Waals surface area (Å²) in [6.07, 6.45) is 4.21. The van der Waals surface area contributed by atoms with Gasteiger partial charge < -0.3 is 14.7 Å². The molecule has 0 saturated carbocycles. The first-order chi connectivity index (χ1) is 11.5. The highest BCUT2D eigenvalue weighted by atomic mass is 32.1. The Morgan fingerprint density at radius 3 is 2.62 bits per heavy atom. The van der Waals surface area contributed by atoms with Crippen molar-refractivity contribution < 1.29 is 4.74 Å². The van der Waals surface area contributed by atoms with Crippen LogP contribution in [0.5, 0.6) is 5.75 Å². The van der Waals surface area contributed by atoms with Crippen LogP contribution in [0.1, 0.15) is 21.8 Å². The number of methoxy groups -OCH3 is 1. The van der Waals surface area contributed by atoms with Crippen molar-refractivity contribution in [2.24, 2.45) is 4.99 Å². The minimum Gasteiger partial charge on any atom is -0.494 e. The van der Waals surface area contributed by atoms with Crippen molar-refractivity contribution >= 4 is 29.2 Å². The maximum Gasteiger partial charge on any atom is 0.144 e. The Kier molecular flexibility index (Phi) is 3.46. The number of ether oxygens (including phenoxy) is 1. The monoisotopic (exact) mass is 337 g/mol. The summed E-state index contributed by atoms with van der Waals surface area (Å²) in [5.74, 6) is 0.819. The third-order valence-corrected chi connectivity index (χ3v) is 5.14. The summed E-state index contributed by atoms with van der Waals surface area (Å²) in [7, 11) is 1.69. The Morgan fingerprint density at radius 1 is 1.12 bits per heavy atom. The summed E-state index contributed by atoms with van der Waals surface area (Å²) in [6, 6.07) is 6.27. The topological polar surface area (TPSA) is 53.2 Å². The molecule has 0 aromatic carbocycles. The third-order valence-electron chi connectivity index (χ3n) is 4.16. The van der Waals surface area contributed by atoms with E-state index in [1.165, 1.54) is 15.0 Å². The van der Waals surface area contributed by atoms with Crippen LogP contribution in [-0.2, 0) is 0 Å². The fourth-order valence-corrected chi connectivity index (χ4v) is 3.94. The molecular formula is C19H19N3OS. The number of H-pyrrole nitrogens is 2. The number of nitrogens with one attached hydrogen (secondary N) is 2. The number of hydrogen-bond acceptors (Lipinski definition) is 3. The molecule has 0 amide bonds. The van der Waals surface area contributed by atoms with Crippen molar-refractivity contribution in [3.05, 3.63) is 60.6 Å². The highest BCUT2D eigenvalue weighted by Crippen LogP contribution is 2.11. The number of thiophene rings is 1. The minimum atomic E-state index is 0.819. The molecule has 0 bridgehead atoms. The highest BCUT2D eigenvalue weighted by Gasteiger charge is 2.08. The van der Waals surface area contributed by atoms with Gasteiger partial charge in [0.2, 0.25) is 0 Å². The molecule has 24 heavy (non-hydrogen) atoms. The minimum absolute atomic E-state index is 0.819. The summed E-state index contributed by atoms with van der Waals surface area (Å²) < 4.78 is 6.76. The molecule has 5 heteroatoms. The van der Waals surface area contributed by atoms with Crippen LogP contribution in [0, 0.1) is 20.8 Å². The Bertz CT molecular complexity index is 1140. The smallest absolute Gasteiger partial charge is 0.144 e. The van der Waals surface area contributed by atoms with Crippen molar-refractivity contribution in [1.82, 2.24) is 9.97 Å². The van der Waals surface area contributed by atoms with Crippen molar-refractivity contribution in [3.63, 3.8) is 0 Å². The SMILES string of the molecule is COc1c/c(=C2\C=c3sc(C)cc3=N2)[nH]/c1=C\c1[nH]c(C)cc1C. The van der Waals surface area contributed by atoms with Crippen LogP contribution in [0.2, 0.25) is 0 Å². The second-order valence-electron chi connectivity index (χ2n) is 6.11. The zero-order valence-electron chi connectivity index (χ0n) is 14.2. The Labute approximate surface area is 143 Å². The van der Waals surface area contributed by atoms with E-state index >= 15 is 0 Å². The van der Waals surface area contributed by atoms with Crippen molar-refractivity contribution in [2.45, 2.75) is 20.8 Å². The lowest BCUT2D eigenvalue weighted by atomic mass is 10.2. The van der Waals surface area contributed by atoms with Gasteiger partial charge in [-0.3, -0.25) is 0 Å². The van der Waals surface area contributed by atoms with Crippen LogP contribution < -0.4 is 25.3 Å². The molecule has 0 unspecified atom stereocenters. The van der Waals surface area contributed by atoms with E-state index in [2.05, 4.69) is 55.0 Å². The average molecular weight is 337 g/mol. The molecule has 1 aliphatic heterocycles. The Balaban J connectivity index is 1.90. The summed E-state index contributed by atoms with van der Waals surface area (Å²) in [5, 5.41) is 2.97. The van der Waals surface area contributed by atoms with E-state index in [-0.39, 0.29) is 0 Å². The van der Waals surface area contributed by atoms with Crippen LogP contribution in [0.25, 0.3) is 17.8 Å². The van der Waals surface area contributed by atoms with Crippen LogP contribution in [0.4, 0.5) is 0 Å². The molecule has 3 aromatic heterocycles. The highest BCUT2D eigenvalue weighted by molar-refractivity contribution is 7.09. The molecule has 122 valence electrons. The van der Waals surface area contributed by atoms with E-state index in [0.29, 0.717) is 0 Å². The molecule has 0 radical (unpaired) electrons. The maximum absolute atomic E-state index is 5.54. The zero-order valence-corrected chi connectivity index (χ0v) is 15.0. The number of nitrogens with zero attached hydrogens (tertiary/aromatic N) is 1. The molecule has 0 atom stereocenters. The van der Waals surface area contributed by atoms with E-state index < -0.39 is 0 Å². The molecule has 4 heterocycles. The first-order valence-electron chi connectivity index (χ1n) is 7.85. The normalized spacial score (nSPS) is 16.1. The average Bonchev–Trinajstić information content (AvgIpc) is 3.23. The summed E-state index contributed by atoms with van der Waals surface area (Å²) in [4.78, 5) is 12.8. The van der Waals surface area contributed by atoms with E-state index in [1.807, 2.05) is 6.07 Å². The molecule has 3 aromatic rings. The predicted octanol–water partition coefficient (Wildman–Crippen LogP) is 1.39. The number of aryl methyl sites for hydroxylation is 3. The summed E-state index contributed by atoms with van der Waals surface area (Å²) in [5.41, 5.74) is 4.41. The van der Waals surface area contributed by atoms with E-state index in [0.717, 1.165) is 38.9 Å². The quantitative estimate of drug-likeness (QED) is 0.729. The molecule has 0 fully saturated rings. The molecule has 1 aliphatic rings. The fraction of sp³-hybridized carbons (Fsp3) is 0.211. The lowest BCUT2D eigenvalue weighted by molar-refractivity contribution is 0.412. The summed E-state index contributed by atoms with van der Waals surface area (Å²) in [6.45, 7) is 6.27. The third kappa shape index (κ3) is 2.51. The van der Waals surface area contributed by atoms with Crippen LogP contribution in [0.3, 0.4) is 0 Å². The van der Waals surface area contributed by atoms with Gasteiger partial charge in [0, 0.05) is 22.3 Å². The standard InChI is InChI=1S/C19H19N3OS/c1-10-5-11(2)20-13(10)7-16-18(23-4)8-14(21-16)15-9-19-17(22-15)6-12(3)24-19/h5-9,20-21H,1-4H3/b15-14-,16-7-. The number of aromatic nitrogens is 2. The molecule has 0 spiro atoms. The number of rotatable bonds is 2. The van der Waals surface area contributed by atoms with Gasteiger partial charge in [0.15, 0.2) is 0 Å². The van der Waals surface area contributed by atoms with Gasteiger partial charge >= 0.3 is 0 Å². The van der Waals surface area contributed by atoms with E-state index in [4.69, 9.17) is 9.73 Å².